The minimum Gasteiger partial charge on any atom is -0.378 e. The molecule has 0 radical (unpaired) electrons. The number of thiophene rings is 1. The van der Waals surface area contributed by atoms with Crippen LogP contribution >= 0.6 is 23.6 Å². The largest absolute Gasteiger partial charge is 0.416 e. The van der Waals surface area contributed by atoms with Gasteiger partial charge in [-0.15, -0.1) is 11.3 Å². The third-order valence-corrected chi connectivity index (χ3v) is 5.26. The number of amides is 1. The van der Waals surface area contributed by atoms with Crippen molar-refractivity contribution in [1.29, 1.82) is 0 Å². The molecule has 0 saturated carbocycles. The first-order chi connectivity index (χ1) is 14.7. The van der Waals surface area contributed by atoms with Crippen LogP contribution in [0.15, 0.2) is 35.7 Å². The quantitative estimate of drug-likeness (QED) is 0.199. The van der Waals surface area contributed by atoms with Crippen molar-refractivity contribution in [2.45, 2.75) is 12.7 Å². The number of H-pyrrole nitrogens is 1. The van der Waals surface area contributed by atoms with E-state index in [4.69, 9.17) is 12.2 Å². The number of aromatic amines is 1. The molecule has 14 heteroatoms. The fourth-order valence-corrected chi connectivity index (χ4v) is 3.58. The van der Waals surface area contributed by atoms with Crippen LogP contribution in [0, 0.1) is 14.9 Å². The van der Waals surface area contributed by atoms with Gasteiger partial charge in [-0.05, 0) is 35.8 Å². The molecule has 164 valence electrons. The second-order valence-corrected chi connectivity index (χ2v) is 7.51. The van der Waals surface area contributed by atoms with Gasteiger partial charge in [0.25, 0.3) is 5.69 Å². The van der Waals surface area contributed by atoms with Gasteiger partial charge in [-0.2, -0.15) is 18.3 Å². The van der Waals surface area contributed by atoms with Crippen molar-refractivity contribution in [2.24, 2.45) is 0 Å². The molecule has 0 atom stereocenters. The van der Waals surface area contributed by atoms with Crippen LogP contribution in [0.1, 0.15) is 5.56 Å². The van der Waals surface area contributed by atoms with E-state index in [0.29, 0.717) is 11.9 Å². The number of nitrogens with one attached hydrogen (secondary N) is 3. The second-order valence-electron chi connectivity index (χ2n) is 6.18. The van der Waals surface area contributed by atoms with E-state index in [2.05, 4.69) is 20.8 Å². The van der Waals surface area contributed by atoms with Gasteiger partial charge >= 0.3 is 6.18 Å². The first-order valence-electron chi connectivity index (χ1n) is 8.72. The molecule has 1 aromatic carbocycles. The number of carbonyl (C=O) groups is 1. The molecular weight excluding hydrogens is 457 g/mol. The summed E-state index contributed by atoms with van der Waals surface area (Å²) in [5.74, 6) is 0.146. The van der Waals surface area contributed by atoms with Crippen LogP contribution in [0.2, 0.25) is 0 Å². The molecule has 9 nitrogen and oxygen atoms in total. The number of nitro benzene ring substituents is 1. The first kappa shape index (κ1) is 22.4. The molecule has 31 heavy (non-hydrogen) atoms. The molecule has 1 amide bonds. The van der Waals surface area contributed by atoms with E-state index in [9.17, 15) is 28.1 Å². The highest BCUT2D eigenvalue weighted by molar-refractivity contribution is 7.71. The van der Waals surface area contributed by atoms with Crippen molar-refractivity contribution in [3.8, 4) is 10.7 Å². The van der Waals surface area contributed by atoms with Crippen LogP contribution in [-0.4, -0.2) is 38.7 Å². The lowest BCUT2D eigenvalue weighted by Gasteiger charge is -2.11. The Morgan fingerprint density at radius 2 is 2.10 bits per heavy atom. The van der Waals surface area contributed by atoms with Crippen LogP contribution in [0.5, 0.6) is 0 Å². The predicted molar refractivity (Wildman–Crippen MR) is 110 cm³/mol. The van der Waals surface area contributed by atoms with E-state index in [1.165, 1.54) is 15.9 Å². The molecule has 0 aliphatic heterocycles. The van der Waals surface area contributed by atoms with Crippen LogP contribution in [0.4, 0.5) is 24.5 Å². The van der Waals surface area contributed by atoms with Gasteiger partial charge in [0.2, 0.25) is 5.91 Å². The second kappa shape index (κ2) is 9.26. The SMILES string of the molecule is O=C(Cn1c(-c2cccs2)n[nH]c1=S)NCCNc1ccc(C(F)(F)F)cc1[N+](=O)[O-]. The van der Waals surface area contributed by atoms with Gasteiger partial charge in [0.05, 0.1) is 15.4 Å². The minimum atomic E-state index is -4.69. The normalized spacial score (nSPS) is 11.3. The maximum Gasteiger partial charge on any atom is 0.416 e. The summed E-state index contributed by atoms with van der Waals surface area (Å²) in [6, 6.07) is 5.88. The Labute approximate surface area is 182 Å². The maximum absolute atomic E-state index is 12.8. The average molecular weight is 472 g/mol. The number of aromatic nitrogens is 3. The summed E-state index contributed by atoms with van der Waals surface area (Å²) in [4.78, 5) is 23.3. The molecule has 0 fully saturated rings. The lowest BCUT2D eigenvalue weighted by atomic mass is 10.1. The fourth-order valence-electron chi connectivity index (χ4n) is 2.67. The number of halogens is 3. The van der Waals surface area contributed by atoms with Gasteiger partial charge in [0.1, 0.15) is 12.2 Å². The third kappa shape index (κ3) is 5.46. The molecule has 0 bridgehead atoms. The van der Waals surface area contributed by atoms with E-state index in [1.54, 1.807) is 0 Å². The Bertz CT molecular complexity index is 1140. The number of nitro groups is 1. The van der Waals surface area contributed by atoms with Gasteiger partial charge in [0.15, 0.2) is 10.6 Å². The zero-order chi connectivity index (χ0) is 22.6. The summed E-state index contributed by atoms with van der Waals surface area (Å²) in [6.07, 6.45) is -4.69. The Morgan fingerprint density at radius 3 is 2.74 bits per heavy atom. The molecule has 0 aliphatic rings. The monoisotopic (exact) mass is 472 g/mol. The number of hydrogen-bond acceptors (Lipinski definition) is 7. The molecule has 2 aromatic heterocycles. The molecule has 0 aliphatic carbocycles. The molecule has 0 saturated heterocycles. The van der Waals surface area contributed by atoms with Crippen LogP contribution in [-0.2, 0) is 17.5 Å². The van der Waals surface area contributed by atoms with Gasteiger partial charge in [-0.3, -0.25) is 24.6 Å². The lowest BCUT2D eigenvalue weighted by molar-refractivity contribution is -0.384. The summed E-state index contributed by atoms with van der Waals surface area (Å²) < 4.78 is 40.1. The summed E-state index contributed by atoms with van der Waals surface area (Å²) in [5, 5.41) is 25.0. The average Bonchev–Trinajstić information content (AvgIpc) is 3.35. The van der Waals surface area contributed by atoms with Gasteiger partial charge < -0.3 is 10.6 Å². The number of rotatable bonds is 8. The van der Waals surface area contributed by atoms with Crippen molar-refractivity contribution in [3.63, 3.8) is 0 Å². The number of carbonyl (C=O) groups excluding carboxylic acids is 1. The summed E-state index contributed by atoms with van der Waals surface area (Å²) >= 11 is 6.59. The molecule has 0 unspecified atom stereocenters. The Kier molecular flexibility index (Phi) is 6.70. The highest BCUT2D eigenvalue weighted by Gasteiger charge is 2.33. The zero-order valence-corrected chi connectivity index (χ0v) is 17.2. The highest BCUT2D eigenvalue weighted by atomic mass is 32.1. The molecule has 3 N–H and O–H groups in total. The number of nitrogens with zero attached hydrogens (tertiary/aromatic N) is 3. The topological polar surface area (TPSA) is 118 Å². The first-order valence-corrected chi connectivity index (χ1v) is 10.0. The van der Waals surface area contributed by atoms with Crippen LogP contribution < -0.4 is 10.6 Å². The molecule has 0 spiro atoms. The van der Waals surface area contributed by atoms with Gasteiger partial charge in [-0.1, -0.05) is 6.07 Å². The predicted octanol–water partition coefficient (Wildman–Crippen LogP) is 3.82. The number of alkyl halides is 3. The van der Waals surface area contributed by atoms with Crippen molar-refractivity contribution in [2.75, 3.05) is 18.4 Å². The zero-order valence-electron chi connectivity index (χ0n) is 15.6. The van der Waals surface area contributed by atoms with E-state index >= 15 is 0 Å². The smallest absolute Gasteiger partial charge is 0.378 e. The molecule has 3 rings (SSSR count). The Hall–Kier alpha value is -3.26. The summed E-state index contributed by atoms with van der Waals surface area (Å²) in [7, 11) is 0. The van der Waals surface area contributed by atoms with E-state index in [1.807, 2.05) is 17.5 Å². The maximum atomic E-state index is 12.8. The molecule has 3 aromatic rings. The van der Waals surface area contributed by atoms with E-state index in [-0.39, 0.29) is 36.0 Å². The van der Waals surface area contributed by atoms with Crippen molar-refractivity contribution in [3.05, 3.63) is 56.2 Å². The molecular formula is C17H15F3N6O3S2. The van der Waals surface area contributed by atoms with Gasteiger partial charge in [-0.25, -0.2) is 0 Å². The highest BCUT2D eigenvalue weighted by Crippen LogP contribution is 2.34. The van der Waals surface area contributed by atoms with Crippen molar-refractivity contribution < 1.29 is 22.9 Å². The molecule has 2 heterocycles. The number of hydrogen-bond donors (Lipinski definition) is 3. The number of benzene rings is 1. The minimum absolute atomic E-state index is 0.0620. The summed E-state index contributed by atoms with van der Waals surface area (Å²) in [6.45, 7) is 0.0476. The summed E-state index contributed by atoms with van der Waals surface area (Å²) in [5.41, 5.74) is -1.90. The van der Waals surface area contributed by atoms with Crippen LogP contribution in [0.25, 0.3) is 10.7 Å². The van der Waals surface area contributed by atoms with Crippen molar-refractivity contribution >= 4 is 40.8 Å². The number of anilines is 1. The fraction of sp³-hybridized carbons (Fsp3) is 0.235. The van der Waals surface area contributed by atoms with E-state index in [0.717, 1.165) is 17.0 Å². The standard InChI is InChI=1S/C17H15F3N6O3S2/c18-17(19,20)10-3-4-11(12(8-10)26(28)29)21-5-6-22-14(27)9-25-15(23-24-16(25)30)13-2-1-7-31-13/h1-4,7-8,21H,5-6,9H2,(H,22,27)(H,24,30). The van der Waals surface area contributed by atoms with Crippen molar-refractivity contribution in [1.82, 2.24) is 20.1 Å². The van der Waals surface area contributed by atoms with Crippen LogP contribution in [0.3, 0.4) is 0 Å². The third-order valence-electron chi connectivity index (χ3n) is 4.09. The van der Waals surface area contributed by atoms with Gasteiger partial charge in [0, 0.05) is 19.2 Å². The lowest BCUT2D eigenvalue weighted by Crippen LogP contribution is -2.32. The van der Waals surface area contributed by atoms with E-state index < -0.39 is 22.4 Å². The Morgan fingerprint density at radius 1 is 1.32 bits per heavy atom. The Balaban J connectivity index is 1.57.